The maximum absolute atomic E-state index is 13.4. The molecule has 0 aromatic heterocycles. The van der Waals surface area contributed by atoms with Crippen LogP contribution in [0.3, 0.4) is 0 Å². The Morgan fingerprint density at radius 3 is 1.79 bits per heavy atom. The number of ether oxygens (including phenoxy) is 6. The molecule has 0 unspecified atom stereocenters. The van der Waals surface area contributed by atoms with Crippen LogP contribution in [0.15, 0.2) is 47.4 Å². The number of nitro benzene ring substituents is 1. The number of sulfonamides is 1. The van der Waals surface area contributed by atoms with Gasteiger partial charge in [0.1, 0.15) is 5.69 Å². The molecular weight excluding hydrogens is 532 g/mol. The molecule has 0 spiro atoms. The molecule has 3 rings (SSSR count). The van der Waals surface area contributed by atoms with Crippen molar-refractivity contribution < 1.29 is 41.8 Å². The first-order valence-electron chi connectivity index (χ1n) is 11.2. The SMILES string of the molecule is COc1ccc(S(=O)(=O)Nc2c(/C=C\c3cc(OC)c(OC)c(OC)c3)ccc(OC)c2OC)cc1[N+](=O)[O-]. The predicted octanol–water partition coefficient (Wildman–Crippen LogP) is 4.62. The van der Waals surface area contributed by atoms with Gasteiger partial charge in [-0.1, -0.05) is 12.2 Å². The van der Waals surface area contributed by atoms with Crippen LogP contribution < -0.4 is 33.1 Å². The molecule has 0 saturated heterocycles. The van der Waals surface area contributed by atoms with Gasteiger partial charge in [-0.3, -0.25) is 14.8 Å². The second-order valence-electron chi connectivity index (χ2n) is 7.75. The van der Waals surface area contributed by atoms with E-state index in [1.165, 1.54) is 54.8 Å². The zero-order chi connectivity index (χ0) is 28.7. The molecule has 13 heteroatoms. The average molecular weight is 561 g/mol. The maximum atomic E-state index is 13.4. The first-order chi connectivity index (χ1) is 18.6. The van der Waals surface area contributed by atoms with Crippen molar-refractivity contribution in [1.29, 1.82) is 0 Å². The number of nitro groups is 1. The maximum Gasteiger partial charge on any atom is 0.312 e. The fourth-order valence-electron chi connectivity index (χ4n) is 3.74. The summed E-state index contributed by atoms with van der Waals surface area (Å²) in [5, 5.41) is 11.4. The molecule has 0 fully saturated rings. The Bertz CT molecular complexity index is 1480. The van der Waals surface area contributed by atoms with E-state index in [4.69, 9.17) is 28.4 Å². The lowest BCUT2D eigenvalue weighted by molar-refractivity contribution is -0.386. The molecule has 1 N–H and O–H groups in total. The Balaban J connectivity index is 2.13. The predicted molar refractivity (Wildman–Crippen MR) is 145 cm³/mol. The van der Waals surface area contributed by atoms with Gasteiger partial charge in [0.2, 0.25) is 5.75 Å². The van der Waals surface area contributed by atoms with E-state index in [0.29, 0.717) is 28.4 Å². The van der Waals surface area contributed by atoms with Crippen LogP contribution in [0.5, 0.6) is 34.5 Å². The minimum absolute atomic E-state index is 0.0546. The van der Waals surface area contributed by atoms with Gasteiger partial charge in [0, 0.05) is 11.6 Å². The molecule has 0 radical (unpaired) electrons. The Morgan fingerprint density at radius 1 is 0.718 bits per heavy atom. The van der Waals surface area contributed by atoms with Gasteiger partial charge in [0.05, 0.1) is 52.5 Å². The van der Waals surface area contributed by atoms with E-state index < -0.39 is 20.6 Å². The molecule has 3 aromatic carbocycles. The van der Waals surface area contributed by atoms with Crippen LogP contribution in [-0.2, 0) is 10.0 Å². The van der Waals surface area contributed by atoms with E-state index in [1.54, 1.807) is 36.4 Å². The minimum atomic E-state index is -4.32. The van der Waals surface area contributed by atoms with Crippen molar-refractivity contribution in [2.45, 2.75) is 4.90 Å². The highest BCUT2D eigenvalue weighted by atomic mass is 32.2. The zero-order valence-electron chi connectivity index (χ0n) is 22.1. The Labute approximate surface area is 225 Å². The number of anilines is 1. The van der Waals surface area contributed by atoms with Gasteiger partial charge in [-0.2, -0.15) is 0 Å². The molecule has 3 aromatic rings. The second kappa shape index (κ2) is 12.3. The van der Waals surface area contributed by atoms with Crippen molar-refractivity contribution in [1.82, 2.24) is 0 Å². The van der Waals surface area contributed by atoms with Crippen molar-refractivity contribution in [3.05, 3.63) is 63.7 Å². The second-order valence-corrected chi connectivity index (χ2v) is 9.44. The summed E-state index contributed by atoms with van der Waals surface area (Å²) >= 11 is 0. The summed E-state index contributed by atoms with van der Waals surface area (Å²) in [5.41, 5.74) is 0.631. The van der Waals surface area contributed by atoms with Crippen LogP contribution in [0.2, 0.25) is 0 Å². The lowest BCUT2D eigenvalue weighted by Crippen LogP contribution is -2.15. The van der Waals surface area contributed by atoms with Crippen LogP contribution in [-0.4, -0.2) is 56.0 Å². The van der Waals surface area contributed by atoms with Gasteiger partial charge in [-0.15, -0.1) is 0 Å². The third kappa shape index (κ3) is 6.09. The fourth-order valence-corrected chi connectivity index (χ4v) is 4.85. The van der Waals surface area contributed by atoms with Crippen LogP contribution in [0.4, 0.5) is 11.4 Å². The van der Waals surface area contributed by atoms with Crippen molar-refractivity contribution in [2.75, 3.05) is 47.4 Å². The standard InChI is InChI=1S/C26H28N2O10S/c1-33-20-12-10-18(15-19(20)28(29)30)39(31,32)27-24-17(9-11-21(34-2)26(24)38-6)8-7-16-13-22(35-3)25(37-5)23(14-16)36-4/h7-15,27H,1-6H3/b8-7-. The summed E-state index contributed by atoms with van der Waals surface area (Å²) in [6.45, 7) is 0. The average Bonchev–Trinajstić information content (AvgIpc) is 2.94. The highest BCUT2D eigenvalue weighted by Crippen LogP contribution is 2.42. The number of benzene rings is 3. The first kappa shape index (κ1) is 28.9. The highest BCUT2D eigenvalue weighted by molar-refractivity contribution is 7.92. The molecule has 0 amide bonds. The Kier molecular flexibility index (Phi) is 9.09. The minimum Gasteiger partial charge on any atom is -0.493 e. The number of hydrogen-bond acceptors (Lipinski definition) is 10. The van der Waals surface area contributed by atoms with E-state index in [0.717, 1.165) is 6.07 Å². The van der Waals surface area contributed by atoms with Gasteiger partial charge in [-0.25, -0.2) is 8.42 Å². The molecule has 208 valence electrons. The third-order valence-electron chi connectivity index (χ3n) is 5.61. The van der Waals surface area contributed by atoms with E-state index in [1.807, 2.05) is 0 Å². The van der Waals surface area contributed by atoms with Gasteiger partial charge in [-0.05, 0) is 42.0 Å². The fraction of sp³-hybridized carbons (Fsp3) is 0.231. The number of methoxy groups -OCH3 is 6. The molecule has 0 saturated carbocycles. The smallest absolute Gasteiger partial charge is 0.312 e. The summed E-state index contributed by atoms with van der Waals surface area (Å²) in [4.78, 5) is 10.4. The van der Waals surface area contributed by atoms with E-state index in [2.05, 4.69) is 4.72 Å². The molecule has 0 aliphatic heterocycles. The molecule has 0 aliphatic rings. The number of rotatable bonds is 12. The molecule has 0 aliphatic carbocycles. The van der Waals surface area contributed by atoms with Gasteiger partial charge in [0.15, 0.2) is 28.7 Å². The van der Waals surface area contributed by atoms with E-state index in [-0.39, 0.29) is 27.8 Å². The number of hydrogen-bond donors (Lipinski definition) is 1. The normalized spacial score (nSPS) is 11.1. The molecule has 39 heavy (non-hydrogen) atoms. The van der Waals surface area contributed by atoms with Crippen molar-refractivity contribution in [2.24, 2.45) is 0 Å². The number of nitrogens with one attached hydrogen (secondary N) is 1. The molecule has 0 atom stereocenters. The summed E-state index contributed by atoms with van der Waals surface area (Å²) in [7, 11) is 4.19. The van der Waals surface area contributed by atoms with Crippen molar-refractivity contribution >= 4 is 33.6 Å². The summed E-state index contributed by atoms with van der Waals surface area (Å²) in [5.74, 6) is 1.59. The van der Waals surface area contributed by atoms with Crippen molar-refractivity contribution in [3.8, 4) is 34.5 Å². The molecule has 12 nitrogen and oxygen atoms in total. The Morgan fingerprint density at radius 2 is 1.28 bits per heavy atom. The topological polar surface area (TPSA) is 145 Å². The third-order valence-corrected chi connectivity index (χ3v) is 6.96. The van der Waals surface area contributed by atoms with Gasteiger partial charge >= 0.3 is 5.69 Å². The van der Waals surface area contributed by atoms with Crippen LogP contribution in [0.25, 0.3) is 12.2 Å². The van der Waals surface area contributed by atoms with Gasteiger partial charge in [0.25, 0.3) is 10.0 Å². The highest BCUT2D eigenvalue weighted by Gasteiger charge is 2.25. The van der Waals surface area contributed by atoms with E-state index >= 15 is 0 Å². The summed E-state index contributed by atoms with van der Waals surface area (Å²) in [6.07, 6.45) is 3.36. The molecular formula is C26H28N2O10S. The van der Waals surface area contributed by atoms with Crippen molar-refractivity contribution in [3.63, 3.8) is 0 Å². The van der Waals surface area contributed by atoms with E-state index in [9.17, 15) is 18.5 Å². The van der Waals surface area contributed by atoms with Crippen LogP contribution in [0, 0.1) is 10.1 Å². The zero-order valence-corrected chi connectivity index (χ0v) is 23.0. The monoisotopic (exact) mass is 560 g/mol. The van der Waals surface area contributed by atoms with Crippen LogP contribution >= 0.6 is 0 Å². The Hall–Kier alpha value is -4.65. The van der Waals surface area contributed by atoms with Crippen LogP contribution in [0.1, 0.15) is 11.1 Å². The largest absolute Gasteiger partial charge is 0.493 e. The lowest BCUT2D eigenvalue weighted by Gasteiger charge is -2.17. The summed E-state index contributed by atoms with van der Waals surface area (Å²) < 4.78 is 61.2. The molecule has 0 bridgehead atoms. The molecule has 0 heterocycles. The van der Waals surface area contributed by atoms with Gasteiger partial charge < -0.3 is 28.4 Å². The lowest BCUT2D eigenvalue weighted by atomic mass is 10.1. The number of nitrogens with zero attached hydrogens (tertiary/aromatic N) is 1. The summed E-state index contributed by atoms with van der Waals surface area (Å²) in [6, 6.07) is 10.0. The quantitative estimate of drug-likeness (QED) is 0.189. The first-order valence-corrected chi connectivity index (χ1v) is 12.7.